The van der Waals surface area contributed by atoms with Crippen molar-refractivity contribution >= 4 is 0 Å². The van der Waals surface area contributed by atoms with Crippen molar-refractivity contribution in [2.24, 2.45) is 5.92 Å². The molecule has 2 rings (SSSR count). The largest absolute Gasteiger partial charge is 0.480 e. The quantitative estimate of drug-likeness (QED) is 0.929. The van der Waals surface area contributed by atoms with Gasteiger partial charge in [-0.2, -0.15) is 18.2 Å². The summed E-state index contributed by atoms with van der Waals surface area (Å²) in [7, 11) is 2.77. The maximum Gasteiger partial charge on any atom is 0.391 e. The molecule has 0 spiro atoms. The molecular formula is C13H17F3N2O3. The fourth-order valence-electron chi connectivity index (χ4n) is 2.58. The molecule has 0 radical (unpaired) electrons. The van der Waals surface area contributed by atoms with E-state index in [4.69, 9.17) is 9.47 Å². The van der Waals surface area contributed by atoms with E-state index in [2.05, 4.69) is 9.97 Å². The Labute approximate surface area is 120 Å². The summed E-state index contributed by atoms with van der Waals surface area (Å²) in [5.74, 6) is -1.10. The van der Waals surface area contributed by atoms with Gasteiger partial charge < -0.3 is 14.6 Å². The van der Waals surface area contributed by atoms with Crippen LogP contribution in [0.3, 0.4) is 0 Å². The number of aliphatic hydroxyl groups is 1. The molecule has 21 heavy (non-hydrogen) atoms. The van der Waals surface area contributed by atoms with Crippen LogP contribution in [0.4, 0.5) is 13.2 Å². The molecule has 0 amide bonds. The number of hydrogen-bond acceptors (Lipinski definition) is 5. The van der Waals surface area contributed by atoms with Crippen LogP contribution in [-0.4, -0.2) is 35.5 Å². The Morgan fingerprint density at radius 2 is 1.86 bits per heavy atom. The smallest absolute Gasteiger partial charge is 0.391 e. The highest BCUT2D eigenvalue weighted by Crippen LogP contribution is 2.46. The van der Waals surface area contributed by atoms with Crippen LogP contribution >= 0.6 is 0 Å². The van der Waals surface area contributed by atoms with Gasteiger partial charge in [-0.05, 0) is 25.7 Å². The summed E-state index contributed by atoms with van der Waals surface area (Å²) in [6.45, 7) is 0. The van der Waals surface area contributed by atoms with Crippen molar-refractivity contribution in [3.05, 3.63) is 11.9 Å². The Kier molecular flexibility index (Phi) is 4.27. The van der Waals surface area contributed by atoms with Crippen molar-refractivity contribution in [3.8, 4) is 11.8 Å². The van der Waals surface area contributed by atoms with Crippen LogP contribution in [0, 0.1) is 5.92 Å². The summed E-state index contributed by atoms with van der Waals surface area (Å²) in [6, 6.07) is 0. The average molecular weight is 306 g/mol. The molecule has 1 aromatic rings. The third-order valence-corrected chi connectivity index (χ3v) is 3.84. The minimum Gasteiger partial charge on any atom is -0.480 e. The number of alkyl halides is 3. The van der Waals surface area contributed by atoms with E-state index < -0.39 is 17.7 Å². The van der Waals surface area contributed by atoms with Gasteiger partial charge >= 0.3 is 6.18 Å². The summed E-state index contributed by atoms with van der Waals surface area (Å²) in [6.07, 6.45) is -3.26. The number of ether oxygens (including phenoxy) is 2. The predicted octanol–water partition coefficient (Wildman–Crippen LogP) is 2.43. The number of nitrogens with zero attached hydrogens (tertiary/aromatic N) is 2. The van der Waals surface area contributed by atoms with Crippen molar-refractivity contribution < 1.29 is 27.8 Å². The topological polar surface area (TPSA) is 64.5 Å². The Hall–Kier alpha value is -1.57. The zero-order chi connectivity index (χ0) is 15.7. The minimum atomic E-state index is -4.23. The molecule has 1 aliphatic carbocycles. The van der Waals surface area contributed by atoms with E-state index in [0.717, 1.165) is 0 Å². The van der Waals surface area contributed by atoms with E-state index in [9.17, 15) is 18.3 Å². The van der Waals surface area contributed by atoms with E-state index in [0.29, 0.717) is 0 Å². The number of aromatic nitrogens is 2. The van der Waals surface area contributed by atoms with E-state index in [1.807, 2.05) is 0 Å². The zero-order valence-corrected chi connectivity index (χ0v) is 11.8. The maximum absolute atomic E-state index is 12.7. The summed E-state index contributed by atoms with van der Waals surface area (Å²) in [5.41, 5.74) is -1.29. The first kappa shape index (κ1) is 15.8. The van der Waals surface area contributed by atoms with Gasteiger partial charge in [-0.3, -0.25) is 0 Å². The van der Waals surface area contributed by atoms with Crippen LogP contribution in [0.5, 0.6) is 11.8 Å². The fraction of sp³-hybridized carbons (Fsp3) is 0.692. The predicted molar refractivity (Wildman–Crippen MR) is 67.0 cm³/mol. The van der Waals surface area contributed by atoms with Crippen LogP contribution in [0.2, 0.25) is 0 Å². The van der Waals surface area contributed by atoms with Gasteiger partial charge in [-0.15, -0.1) is 0 Å². The second-order valence-corrected chi connectivity index (χ2v) is 5.12. The summed E-state index contributed by atoms with van der Waals surface area (Å²) < 4.78 is 48.0. The highest BCUT2D eigenvalue weighted by molar-refractivity contribution is 5.28. The summed E-state index contributed by atoms with van der Waals surface area (Å²) in [4.78, 5) is 8.07. The Balaban J connectivity index is 2.22. The lowest BCUT2D eigenvalue weighted by molar-refractivity contribution is -0.193. The SMILES string of the molecule is COc1cnc(C2(O)CCC(C(F)(F)F)CC2)c(OC)n1. The van der Waals surface area contributed by atoms with E-state index in [-0.39, 0.29) is 43.1 Å². The van der Waals surface area contributed by atoms with Crippen LogP contribution in [0.1, 0.15) is 31.4 Å². The number of halogens is 3. The van der Waals surface area contributed by atoms with Gasteiger partial charge in [0.25, 0.3) is 0 Å². The zero-order valence-electron chi connectivity index (χ0n) is 11.8. The first-order valence-electron chi connectivity index (χ1n) is 6.55. The number of methoxy groups -OCH3 is 2. The molecule has 1 aliphatic rings. The number of rotatable bonds is 3. The van der Waals surface area contributed by atoms with Crippen molar-refractivity contribution in [2.45, 2.75) is 37.5 Å². The molecule has 1 aromatic heterocycles. The lowest BCUT2D eigenvalue weighted by Crippen LogP contribution is -2.37. The highest BCUT2D eigenvalue weighted by atomic mass is 19.4. The molecule has 1 heterocycles. The van der Waals surface area contributed by atoms with Crippen LogP contribution in [-0.2, 0) is 5.60 Å². The normalized spacial score (nSPS) is 26.5. The monoisotopic (exact) mass is 306 g/mol. The van der Waals surface area contributed by atoms with Crippen LogP contribution in [0.15, 0.2) is 6.20 Å². The van der Waals surface area contributed by atoms with Gasteiger partial charge in [-0.1, -0.05) is 0 Å². The fourth-order valence-corrected chi connectivity index (χ4v) is 2.58. The lowest BCUT2D eigenvalue weighted by Gasteiger charge is -2.36. The summed E-state index contributed by atoms with van der Waals surface area (Å²) >= 11 is 0. The average Bonchev–Trinajstić information content (AvgIpc) is 2.46. The third kappa shape index (κ3) is 3.20. The molecule has 1 N–H and O–H groups in total. The summed E-state index contributed by atoms with van der Waals surface area (Å²) in [5, 5.41) is 10.6. The molecule has 1 saturated carbocycles. The first-order valence-corrected chi connectivity index (χ1v) is 6.55. The van der Waals surface area contributed by atoms with Crippen molar-refractivity contribution in [1.29, 1.82) is 0 Å². The van der Waals surface area contributed by atoms with Gasteiger partial charge in [0.2, 0.25) is 11.8 Å². The standard InChI is InChI=1S/C13H17F3N2O3/c1-20-9-7-17-10(11(18-9)21-2)12(19)5-3-8(4-6-12)13(14,15)16/h7-8,19H,3-6H2,1-2H3. The van der Waals surface area contributed by atoms with E-state index in [1.54, 1.807) is 0 Å². The van der Waals surface area contributed by atoms with Crippen LogP contribution in [0.25, 0.3) is 0 Å². The van der Waals surface area contributed by atoms with Crippen molar-refractivity contribution in [3.63, 3.8) is 0 Å². The Bertz CT molecular complexity index is 500. The second kappa shape index (κ2) is 5.67. The van der Waals surface area contributed by atoms with E-state index in [1.165, 1.54) is 20.4 Å². The second-order valence-electron chi connectivity index (χ2n) is 5.12. The molecule has 8 heteroatoms. The molecule has 0 unspecified atom stereocenters. The molecule has 5 nitrogen and oxygen atoms in total. The molecule has 1 fully saturated rings. The highest BCUT2D eigenvalue weighted by Gasteiger charge is 2.47. The molecule has 0 aromatic carbocycles. The van der Waals surface area contributed by atoms with Gasteiger partial charge in [0, 0.05) is 0 Å². The third-order valence-electron chi connectivity index (χ3n) is 3.84. The molecule has 0 aliphatic heterocycles. The molecular weight excluding hydrogens is 289 g/mol. The maximum atomic E-state index is 12.7. The Morgan fingerprint density at radius 3 is 2.33 bits per heavy atom. The van der Waals surface area contributed by atoms with Crippen LogP contribution < -0.4 is 9.47 Å². The molecule has 118 valence electrons. The minimum absolute atomic E-state index is 0.0332. The van der Waals surface area contributed by atoms with Gasteiger partial charge in [0.05, 0.1) is 26.3 Å². The first-order chi connectivity index (χ1) is 9.80. The van der Waals surface area contributed by atoms with Gasteiger partial charge in [0.15, 0.2) is 0 Å². The molecule has 0 bridgehead atoms. The lowest BCUT2D eigenvalue weighted by atomic mass is 9.77. The van der Waals surface area contributed by atoms with Crippen molar-refractivity contribution in [2.75, 3.05) is 14.2 Å². The van der Waals surface area contributed by atoms with E-state index >= 15 is 0 Å². The number of hydrogen-bond donors (Lipinski definition) is 1. The van der Waals surface area contributed by atoms with Crippen molar-refractivity contribution in [1.82, 2.24) is 9.97 Å². The van der Waals surface area contributed by atoms with Gasteiger partial charge in [-0.25, -0.2) is 4.98 Å². The van der Waals surface area contributed by atoms with Gasteiger partial charge in [0.1, 0.15) is 11.3 Å². The molecule has 0 atom stereocenters. The Morgan fingerprint density at radius 1 is 1.24 bits per heavy atom. The molecule has 0 saturated heterocycles.